The number of rotatable bonds is 8. The van der Waals surface area contributed by atoms with Crippen LogP contribution < -0.4 is 5.56 Å². The predicted octanol–water partition coefficient (Wildman–Crippen LogP) is 5.02. The summed E-state index contributed by atoms with van der Waals surface area (Å²) in [5.74, 6) is 1.11. The molecule has 0 saturated carbocycles. The predicted molar refractivity (Wildman–Crippen MR) is 118 cm³/mol. The number of thioether (sulfide) groups is 1. The van der Waals surface area contributed by atoms with Crippen LogP contribution in [-0.2, 0) is 17.0 Å². The number of para-hydroxylation sites is 2. The Bertz CT molecular complexity index is 1170. The van der Waals surface area contributed by atoms with E-state index in [1.54, 1.807) is 4.57 Å². The van der Waals surface area contributed by atoms with Gasteiger partial charge in [0, 0.05) is 24.2 Å². The fourth-order valence-electron chi connectivity index (χ4n) is 3.06. The van der Waals surface area contributed by atoms with Gasteiger partial charge in [0.1, 0.15) is 5.52 Å². The highest BCUT2D eigenvalue weighted by Crippen LogP contribution is 2.25. The van der Waals surface area contributed by atoms with Crippen molar-refractivity contribution in [3.8, 4) is 0 Å². The minimum atomic E-state index is -0.0483. The van der Waals surface area contributed by atoms with Crippen LogP contribution >= 0.6 is 27.7 Å². The fourth-order valence-corrected chi connectivity index (χ4v) is 4.29. The molecule has 2 heterocycles. The van der Waals surface area contributed by atoms with Gasteiger partial charge in [0.05, 0.1) is 16.7 Å². The Morgan fingerprint density at radius 1 is 1.17 bits per heavy atom. The van der Waals surface area contributed by atoms with Gasteiger partial charge < -0.3 is 9.15 Å². The minimum Gasteiger partial charge on any atom is -0.440 e. The molecule has 0 spiro atoms. The Kier molecular flexibility index (Phi) is 6.32. The summed E-state index contributed by atoms with van der Waals surface area (Å²) >= 11 is 4.89. The van der Waals surface area contributed by atoms with Crippen LogP contribution in [-0.4, -0.2) is 27.7 Å². The minimum absolute atomic E-state index is 0.0483. The van der Waals surface area contributed by atoms with Crippen LogP contribution in [0.3, 0.4) is 0 Å². The molecule has 4 aromatic rings. The highest BCUT2D eigenvalue weighted by atomic mass is 79.9. The van der Waals surface area contributed by atoms with E-state index in [-0.39, 0.29) is 5.56 Å². The van der Waals surface area contributed by atoms with Crippen molar-refractivity contribution < 1.29 is 9.15 Å². The summed E-state index contributed by atoms with van der Waals surface area (Å²) in [6.07, 6.45) is 0.741. The van der Waals surface area contributed by atoms with Crippen LogP contribution in [0.4, 0.5) is 0 Å². The van der Waals surface area contributed by atoms with Crippen LogP contribution in [0.5, 0.6) is 0 Å². The molecule has 0 saturated heterocycles. The number of ether oxygens (including phenoxy) is 1. The quantitative estimate of drug-likeness (QED) is 0.203. The average Bonchev–Trinajstić information content (AvgIpc) is 3.14. The first kappa shape index (κ1) is 20.1. The van der Waals surface area contributed by atoms with E-state index in [0.717, 1.165) is 22.0 Å². The second kappa shape index (κ2) is 9.11. The number of hydrogen-bond acceptors (Lipinski definition) is 6. The molecular weight excluding hydrogens is 454 g/mol. The Balaban J connectivity index is 1.64. The largest absolute Gasteiger partial charge is 0.440 e. The Labute approximate surface area is 180 Å². The van der Waals surface area contributed by atoms with Gasteiger partial charge in [-0.05, 0) is 43.7 Å². The molecule has 29 heavy (non-hydrogen) atoms. The molecular formula is C21H20BrN3O3S. The number of benzene rings is 2. The van der Waals surface area contributed by atoms with E-state index in [1.165, 1.54) is 11.8 Å². The topological polar surface area (TPSA) is 70.2 Å². The highest BCUT2D eigenvalue weighted by Gasteiger charge is 2.14. The van der Waals surface area contributed by atoms with E-state index >= 15 is 0 Å². The van der Waals surface area contributed by atoms with Gasteiger partial charge in [0.15, 0.2) is 10.7 Å². The van der Waals surface area contributed by atoms with E-state index in [0.29, 0.717) is 47.5 Å². The lowest BCUT2D eigenvalue weighted by atomic mass is 10.2. The van der Waals surface area contributed by atoms with Crippen molar-refractivity contribution in [2.75, 3.05) is 13.2 Å². The third-order valence-electron chi connectivity index (χ3n) is 4.42. The third-order valence-corrected chi connectivity index (χ3v) is 5.87. The van der Waals surface area contributed by atoms with Crippen molar-refractivity contribution in [2.24, 2.45) is 0 Å². The molecule has 0 unspecified atom stereocenters. The third kappa shape index (κ3) is 4.55. The summed E-state index contributed by atoms with van der Waals surface area (Å²) in [4.78, 5) is 22.4. The lowest BCUT2D eigenvalue weighted by Crippen LogP contribution is -2.24. The molecule has 0 amide bonds. The summed E-state index contributed by atoms with van der Waals surface area (Å²) in [5, 5.41) is 1.26. The number of hydrogen-bond donors (Lipinski definition) is 0. The van der Waals surface area contributed by atoms with Crippen molar-refractivity contribution in [2.45, 2.75) is 30.8 Å². The van der Waals surface area contributed by atoms with Gasteiger partial charge in [-0.2, -0.15) is 0 Å². The molecule has 8 heteroatoms. The van der Waals surface area contributed by atoms with Gasteiger partial charge in [-0.3, -0.25) is 9.36 Å². The van der Waals surface area contributed by atoms with Crippen LogP contribution in [0.1, 0.15) is 19.2 Å². The van der Waals surface area contributed by atoms with E-state index in [1.807, 2.05) is 49.4 Å². The fraction of sp³-hybridized carbons (Fsp3) is 0.286. The number of fused-ring (bicyclic) bond motifs is 2. The zero-order chi connectivity index (χ0) is 20.2. The molecule has 0 radical (unpaired) electrons. The summed E-state index contributed by atoms with van der Waals surface area (Å²) in [7, 11) is 0. The zero-order valence-corrected chi connectivity index (χ0v) is 18.3. The first-order valence-corrected chi connectivity index (χ1v) is 11.2. The second-order valence-electron chi connectivity index (χ2n) is 6.43. The van der Waals surface area contributed by atoms with Crippen molar-refractivity contribution in [3.63, 3.8) is 0 Å². The van der Waals surface area contributed by atoms with Gasteiger partial charge in [-0.15, -0.1) is 0 Å². The molecule has 0 aliphatic carbocycles. The molecule has 6 nitrogen and oxygen atoms in total. The molecule has 0 aliphatic heterocycles. The average molecular weight is 474 g/mol. The van der Waals surface area contributed by atoms with Crippen LogP contribution in [0.15, 0.2) is 61.3 Å². The molecule has 4 rings (SSSR count). The standard InChI is InChI=1S/C21H20BrN3O3S/c1-2-27-11-5-10-25-20(26)15-12-14(22)8-9-16(15)24-21(25)29-13-19-23-17-6-3-4-7-18(17)28-19/h3-4,6-9,12H,2,5,10-11,13H2,1H3. The van der Waals surface area contributed by atoms with Crippen LogP contribution in [0.2, 0.25) is 0 Å². The normalized spacial score (nSPS) is 11.5. The van der Waals surface area contributed by atoms with Crippen LogP contribution in [0.25, 0.3) is 22.0 Å². The summed E-state index contributed by atoms with van der Waals surface area (Å²) in [6, 6.07) is 13.2. The van der Waals surface area contributed by atoms with Crippen molar-refractivity contribution >= 4 is 49.7 Å². The monoisotopic (exact) mass is 473 g/mol. The lowest BCUT2D eigenvalue weighted by Gasteiger charge is -2.13. The van der Waals surface area contributed by atoms with Gasteiger partial charge in [0.2, 0.25) is 5.89 Å². The molecule has 0 N–H and O–H groups in total. The number of aromatic nitrogens is 3. The maximum Gasteiger partial charge on any atom is 0.262 e. The smallest absolute Gasteiger partial charge is 0.262 e. The van der Waals surface area contributed by atoms with E-state index in [4.69, 9.17) is 14.1 Å². The zero-order valence-electron chi connectivity index (χ0n) is 15.9. The van der Waals surface area contributed by atoms with E-state index in [9.17, 15) is 4.79 Å². The van der Waals surface area contributed by atoms with Crippen LogP contribution in [0, 0.1) is 0 Å². The van der Waals surface area contributed by atoms with Crippen molar-refractivity contribution in [1.82, 2.24) is 14.5 Å². The van der Waals surface area contributed by atoms with Gasteiger partial charge in [-0.1, -0.05) is 39.8 Å². The Morgan fingerprint density at radius 2 is 2.03 bits per heavy atom. The van der Waals surface area contributed by atoms with Crippen molar-refractivity contribution in [3.05, 3.63) is 63.2 Å². The first-order chi connectivity index (χ1) is 14.2. The van der Waals surface area contributed by atoms with Gasteiger partial charge in [-0.25, -0.2) is 9.97 Å². The second-order valence-corrected chi connectivity index (χ2v) is 8.29. The maximum atomic E-state index is 13.1. The summed E-state index contributed by atoms with van der Waals surface area (Å²) in [6.45, 7) is 3.78. The Morgan fingerprint density at radius 3 is 2.86 bits per heavy atom. The van der Waals surface area contributed by atoms with Gasteiger partial charge in [0.25, 0.3) is 5.56 Å². The number of oxazole rings is 1. The molecule has 0 aliphatic rings. The maximum absolute atomic E-state index is 13.1. The molecule has 2 aromatic carbocycles. The number of nitrogens with zero attached hydrogens (tertiary/aromatic N) is 3. The summed E-state index contributed by atoms with van der Waals surface area (Å²) in [5.41, 5.74) is 2.22. The molecule has 2 aromatic heterocycles. The number of halogens is 1. The van der Waals surface area contributed by atoms with E-state index < -0.39 is 0 Å². The molecule has 150 valence electrons. The van der Waals surface area contributed by atoms with Crippen molar-refractivity contribution in [1.29, 1.82) is 0 Å². The Hall–Kier alpha value is -2.16. The van der Waals surface area contributed by atoms with E-state index in [2.05, 4.69) is 20.9 Å². The SMILES string of the molecule is CCOCCCn1c(SCc2nc3ccccc3o2)nc2ccc(Br)cc2c1=O. The molecule has 0 fully saturated rings. The first-order valence-electron chi connectivity index (χ1n) is 9.41. The molecule has 0 atom stereocenters. The highest BCUT2D eigenvalue weighted by molar-refractivity contribution is 9.10. The van der Waals surface area contributed by atoms with Gasteiger partial charge >= 0.3 is 0 Å². The molecule has 0 bridgehead atoms. The summed E-state index contributed by atoms with van der Waals surface area (Å²) < 4.78 is 13.8. The lowest BCUT2D eigenvalue weighted by molar-refractivity contribution is 0.140.